The van der Waals surface area contributed by atoms with Crippen molar-refractivity contribution in [2.75, 3.05) is 13.2 Å². The number of hydrogen-bond acceptors (Lipinski definition) is 5. The van der Waals surface area contributed by atoms with Crippen molar-refractivity contribution in [3.8, 4) is 0 Å². The molecule has 0 aliphatic heterocycles. The molecule has 6 nitrogen and oxygen atoms in total. The van der Waals surface area contributed by atoms with E-state index in [2.05, 4.69) is 9.05 Å². The second kappa shape index (κ2) is 6.60. The van der Waals surface area contributed by atoms with Crippen LogP contribution in [0.2, 0.25) is 0 Å². The zero-order chi connectivity index (χ0) is 16.3. The molecule has 0 aliphatic carbocycles. The number of aryl methyl sites for hydroxylation is 1. The summed E-state index contributed by atoms with van der Waals surface area (Å²) in [5.74, 6) is 0. The van der Waals surface area contributed by atoms with Crippen LogP contribution in [-0.4, -0.2) is 18.1 Å². The number of hydrogen-bond donors (Lipinski definition) is 0. The quantitative estimate of drug-likeness (QED) is 0.426. The first-order chi connectivity index (χ1) is 9.69. The molecule has 0 saturated heterocycles. The summed E-state index contributed by atoms with van der Waals surface area (Å²) in [6, 6.07) is 3.14. The van der Waals surface area contributed by atoms with Gasteiger partial charge in [-0.25, -0.2) is 0 Å². The molecule has 0 amide bonds. The summed E-state index contributed by atoms with van der Waals surface area (Å²) in [7, 11) is -4.86. The van der Waals surface area contributed by atoms with Crippen molar-refractivity contribution in [3.05, 3.63) is 39.4 Å². The maximum atomic E-state index is 14.5. The van der Waals surface area contributed by atoms with Crippen LogP contribution in [0.25, 0.3) is 0 Å². The molecule has 0 heterocycles. The van der Waals surface area contributed by atoms with Gasteiger partial charge in [-0.2, -0.15) is 8.78 Å². The van der Waals surface area contributed by atoms with Gasteiger partial charge in [-0.3, -0.25) is 14.7 Å². The third kappa shape index (κ3) is 3.45. The lowest BCUT2D eigenvalue weighted by molar-refractivity contribution is -0.386. The van der Waals surface area contributed by atoms with Crippen LogP contribution in [0.3, 0.4) is 0 Å². The summed E-state index contributed by atoms with van der Waals surface area (Å²) in [5, 5.41) is 11.0. The van der Waals surface area contributed by atoms with E-state index in [-0.39, 0.29) is 13.2 Å². The number of nitro groups is 1. The highest BCUT2D eigenvalue weighted by Crippen LogP contribution is 2.67. The predicted molar refractivity (Wildman–Crippen MR) is 72.6 cm³/mol. The minimum absolute atomic E-state index is 0.271. The summed E-state index contributed by atoms with van der Waals surface area (Å²) in [4.78, 5) is 10.0. The zero-order valence-corrected chi connectivity index (χ0v) is 12.7. The minimum Gasteiger partial charge on any atom is -0.304 e. The van der Waals surface area contributed by atoms with E-state index in [0.717, 1.165) is 12.1 Å². The molecule has 0 radical (unpaired) electrons. The maximum absolute atomic E-state index is 14.5. The fraction of sp³-hybridized carbons (Fsp3) is 0.500. The summed E-state index contributed by atoms with van der Waals surface area (Å²) in [6.07, 6.45) is 0. The van der Waals surface area contributed by atoms with E-state index in [1.807, 2.05) is 0 Å². The summed E-state index contributed by atoms with van der Waals surface area (Å²) >= 11 is 0. The van der Waals surface area contributed by atoms with Gasteiger partial charge in [0.15, 0.2) is 0 Å². The molecule has 0 bridgehead atoms. The van der Waals surface area contributed by atoms with Gasteiger partial charge in [0.1, 0.15) is 5.56 Å². The average Bonchev–Trinajstić information content (AvgIpc) is 2.38. The Kier molecular flexibility index (Phi) is 5.55. The third-order valence-electron chi connectivity index (χ3n) is 2.62. The summed E-state index contributed by atoms with van der Waals surface area (Å²) in [6.45, 7) is 3.75. The van der Waals surface area contributed by atoms with Crippen LogP contribution in [0.1, 0.15) is 25.0 Å². The van der Waals surface area contributed by atoms with E-state index in [1.54, 1.807) is 0 Å². The lowest BCUT2D eigenvalue weighted by atomic mass is 10.1. The highest BCUT2D eigenvalue weighted by atomic mass is 31.2. The molecule has 1 aromatic carbocycles. The van der Waals surface area contributed by atoms with Crippen molar-refractivity contribution in [2.24, 2.45) is 0 Å². The van der Waals surface area contributed by atoms with Gasteiger partial charge in [-0.05, 0) is 32.4 Å². The Labute approximate surface area is 120 Å². The number of rotatable bonds is 7. The van der Waals surface area contributed by atoms with Gasteiger partial charge in [0.25, 0.3) is 5.69 Å². The number of benzene rings is 1. The molecule has 0 fully saturated rings. The maximum Gasteiger partial charge on any atom is 0.404 e. The fourth-order valence-corrected chi connectivity index (χ4v) is 3.30. The van der Waals surface area contributed by atoms with Crippen molar-refractivity contribution in [1.29, 1.82) is 0 Å². The van der Waals surface area contributed by atoms with Crippen LogP contribution in [0.4, 0.5) is 14.5 Å². The lowest BCUT2D eigenvalue weighted by Gasteiger charge is -2.25. The molecule has 0 spiro atoms. The molecule has 1 rings (SSSR count). The van der Waals surface area contributed by atoms with Gasteiger partial charge < -0.3 is 9.05 Å². The molecule has 21 heavy (non-hydrogen) atoms. The van der Waals surface area contributed by atoms with Gasteiger partial charge in [0, 0.05) is 6.07 Å². The van der Waals surface area contributed by atoms with Crippen LogP contribution in [-0.2, 0) is 19.3 Å². The number of nitro benzene ring substituents is 1. The molecule has 0 saturated carbocycles. The predicted octanol–water partition coefficient (Wildman–Crippen LogP) is 4.22. The number of alkyl halides is 2. The molecule has 0 aromatic heterocycles. The van der Waals surface area contributed by atoms with Crippen molar-refractivity contribution in [1.82, 2.24) is 0 Å². The van der Waals surface area contributed by atoms with Crippen LogP contribution in [0, 0.1) is 17.0 Å². The van der Waals surface area contributed by atoms with Gasteiger partial charge in [-0.15, -0.1) is 0 Å². The van der Waals surface area contributed by atoms with Crippen LogP contribution >= 0.6 is 7.60 Å². The SMILES string of the molecule is CCOP(=O)(OCC)C(F)(F)c1ccc(C)cc1[N+](=O)[O-]. The van der Waals surface area contributed by atoms with Crippen molar-refractivity contribution >= 4 is 13.3 Å². The molecule has 118 valence electrons. The summed E-state index contributed by atoms with van der Waals surface area (Å²) < 4.78 is 50.5. The smallest absolute Gasteiger partial charge is 0.304 e. The van der Waals surface area contributed by atoms with E-state index >= 15 is 0 Å². The van der Waals surface area contributed by atoms with Crippen molar-refractivity contribution < 1.29 is 27.3 Å². The van der Waals surface area contributed by atoms with Gasteiger partial charge >= 0.3 is 13.3 Å². The van der Waals surface area contributed by atoms with E-state index in [1.165, 1.54) is 26.8 Å². The first-order valence-electron chi connectivity index (χ1n) is 6.22. The monoisotopic (exact) mass is 323 g/mol. The first kappa shape index (κ1) is 17.7. The zero-order valence-electron chi connectivity index (χ0n) is 11.8. The van der Waals surface area contributed by atoms with Gasteiger partial charge in [0.2, 0.25) is 0 Å². The lowest BCUT2D eigenvalue weighted by Crippen LogP contribution is -2.20. The Morgan fingerprint density at radius 2 is 1.81 bits per heavy atom. The largest absolute Gasteiger partial charge is 0.404 e. The highest BCUT2D eigenvalue weighted by Gasteiger charge is 2.57. The Hall–Kier alpha value is -1.37. The van der Waals surface area contributed by atoms with E-state index in [0.29, 0.717) is 5.56 Å². The van der Waals surface area contributed by atoms with Crippen LogP contribution in [0.5, 0.6) is 0 Å². The molecule has 1 aromatic rings. The molecule has 0 atom stereocenters. The Morgan fingerprint density at radius 1 is 1.29 bits per heavy atom. The molecule has 0 unspecified atom stereocenters. The van der Waals surface area contributed by atoms with E-state index in [9.17, 15) is 23.5 Å². The third-order valence-corrected chi connectivity index (χ3v) is 4.74. The Morgan fingerprint density at radius 3 is 2.24 bits per heavy atom. The van der Waals surface area contributed by atoms with Gasteiger partial charge in [0.05, 0.1) is 18.1 Å². The molecular formula is C12H16F2NO5P. The minimum atomic E-state index is -4.86. The molecule has 9 heteroatoms. The highest BCUT2D eigenvalue weighted by molar-refractivity contribution is 7.54. The van der Waals surface area contributed by atoms with E-state index < -0.39 is 29.4 Å². The topological polar surface area (TPSA) is 78.7 Å². The number of halogens is 2. The fourth-order valence-electron chi connectivity index (χ4n) is 1.73. The Balaban J connectivity index is 3.47. The van der Waals surface area contributed by atoms with Crippen LogP contribution < -0.4 is 0 Å². The second-order valence-corrected chi connectivity index (χ2v) is 6.22. The standard InChI is InChI=1S/C12H16F2NO5P/c1-4-19-21(18,20-5-2)12(13,14)10-7-6-9(3)8-11(10)15(16)17/h6-8H,4-5H2,1-3H3. The molecule has 0 N–H and O–H groups in total. The Bertz CT molecular complexity index is 569. The first-order valence-corrected chi connectivity index (χ1v) is 7.76. The van der Waals surface area contributed by atoms with Crippen molar-refractivity contribution in [3.63, 3.8) is 0 Å². The molecular weight excluding hydrogens is 307 g/mol. The normalized spacial score (nSPS) is 12.4. The summed E-state index contributed by atoms with van der Waals surface area (Å²) in [5.41, 5.74) is -5.48. The molecule has 0 aliphatic rings. The second-order valence-electron chi connectivity index (χ2n) is 4.15. The van der Waals surface area contributed by atoms with Gasteiger partial charge in [-0.1, -0.05) is 6.07 Å². The van der Waals surface area contributed by atoms with E-state index in [4.69, 9.17) is 0 Å². The average molecular weight is 323 g/mol. The van der Waals surface area contributed by atoms with Crippen LogP contribution in [0.15, 0.2) is 18.2 Å². The number of nitrogens with zero attached hydrogens (tertiary/aromatic N) is 1. The van der Waals surface area contributed by atoms with Crippen molar-refractivity contribution in [2.45, 2.75) is 26.4 Å².